The Balaban J connectivity index is 1.69. The van der Waals surface area contributed by atoms with Gasteiger partial charge in [0, 0.05) is 5.92 Å². The van der Waals surface area contributed by atoms with Crippen molar-refractivity contribution in [2.45, 2.75) is 58.2 Å². The van der Waals surface area contributed by atoms with Crippen molar-refractivity contribution in [1.29, 1.82) is 0 Å². The fourth-order valence-electron chi connectivity index (χ4n) is 4.07. The Hall–Kier alpha value is -3.39. The molecule has 0 spiro atoms. The van der Waals surface area contributed by atoms with E-state index in [1.807, 2.05) is 69.3 Å². The summed E-state index contributed by atoms with van der Waals surface area (Å²) in [6, 6.07) is 13.8. The van der Waals surface area contributed by atoms with E-state index in [4.69, 9.17) is 9.47 Å². The number of carbonyl (C=O) groups is 3. The van der Waals surface area contributed by atoms with Crippen LogP contribution in [0.4, 0.5) is 4.79 Å². The highest BCUT2D eigenvalue weighted by Crippen LogP contribution is 2.44. The van der Waals surface area contributed by atoms with Crippen molar-refractivity contribution in [3.8, 4) is 11.1 Å². The number of nitrogens with one attached hydrogen (secondary N) is 2. The van der Waals surface area contributed by atoms with Crippen LogP contribution in [0, 0.1) is 5.92 Å². The van der Waals surface area contributed by atoms with Gasteiger partial charge < -0.3 is 25.2 Å². The van der Waals surface area contributed by atoms with Gasteiger partial charge in [0.2, 0.25) is 5.91 Å². The van der Waals surface area contributed by atoms with E-state index in [9.17, 15) is 19.5 Å². The molecular formula is C27H34N2O6. The fraction of sp³-hybridized carbons (Fsp3) is 0.444. The predicted molar refractivity (Wildman–Crippen MR) is 132 cm³/mol. The van der Waals surface area contributed by atoms with E-state index in [0.29, 0.717) is 0 Å². The van der Waals surface area contributed by atoms with Crippen molar-refractivity contribution in [2.75, 3.05) is 13.2 Å². The molecule has 3 N–H and O–H groups in total. The summed E-state index contributed by atoms with van der Waals surface area (Å²) in [5, 5.41) is 14.5. The summed E-state index contributed by atoms with van der Waals surface area (Å²) in [6.45, 7) is 8.82. The Labute approximate surface area is 206 Å². The SMILES string of the molecule is CC(C)C(NC(=O)[C@H](COC(C)(C)C)NC(=O)OCC1c2ccccc2-c2ccccc21)C(=O)O. The molecule has 0 saturated carbocycles. The topological polar surface area (TPSA) is 114 Å². The fourth-order valence-corrected chi connectivity index (χ4v) is 4.07. The van der Waals surface area contributed by atoms with Gasteiger partial charge >= 0.3 is 12.1 Å². The average Bonchev–Trinajstić information content (AvgIpc) is 3.11. The molecule has 2 atom stereocenters. The first-order chi connectivity index (χ1) is 16.5. The summed E-state index contributed by atoms with van der Waals surface area (Å²) >= 11 is 0. The number of fused-ring (bicyclic) bond motifs is 3. The van der Waals surface area contributed by atoms with Gasteiger partial charge in [-0.2, -0.15) is 0 Å². The van der Waals surface area contributed by atoms with Crippen LogP contribution >= 0.6 is 0 Å². The molecule has 8 heteroatoms. The van der Waals surface area contributed by atoms with Crippen molar-refractivity contribution in [3.63, 3.8) is 0 Å². The van der Waals surface area contributed by atoms with Crippen LogP contribution in [-0.2, 0) is 19.1 Å². The van der Waals surface area contributed by atoms with Crippen LogP contribution in [0.5, 0.6) is 0 Å². The van der Waals surface area contributed by atoms with Crippen LogP contribution in [0.3, 0.4) is 0 Å². The molecule has 1 aliphatic rings. The van der Waals surface area contributed by atoms with Crippen LogP contribution in [0.25, 0.3) is 11.1 Å². The largest absolute Gasteiger partial charge is 0.480 e. The van der Waals surface area contributed by atoms with E-state index >= 15 is 0 Å². The lowest BCUT2D eigenvalue weighted by Gasteiger charge is -2.26. The third kappa shape index (κ3) is 6.60. The van der Waals surface area contributed by atoms with Crippen LogP contribution in [0.2, 0.25) is 0 Å². The lowest BCUT2D eigenvalue weighted by Crippen LogP contribution is -2.55. The molecule has 1 aliphatic carbocycles. The highest BCUT2D eigenvalue weighted by Gasteiger charge is 2.32. The Bertz CT molecular complexity index is 1030. The second kappa shape index (κ2) is 10.9. The van der Waals surface area contributed by atoms with E-state index in [0.717, 1.165) is 22.3 Å². The number of hydrogen-bond donors (Lipinski definition) is 3. The predicted octanol–water partition coefficient (Wildman–Crippen LogP) is 3.93. The molecule has 0 bridgehead atoms. The van der Waals surface area contributed by atoms with Gasteiger partial charge in [0.1, 0.15) is 18.7 Å². The van der Waals surface area contributed by atoms with Gasteiger partial charge in [-0.3, -0.25) is 4.79 Å². The number of benzene rings is 2. The van der Waals surface area contributed by atoms with Gasteiger partial charge in [-0.15, -0.1) is 0 Å². The molecule has 0 aromatic heterocycles. The van der Waals surface area contributed by atoms with E-state index < -0.39 is 35.7 Å². The Kier molecular flexibility index (Phi) is 8.17. The van der Waals surface area contributed by atoms with Gasteiger partial charge in [0.25, 0.3) is 0 Å². The minimum absolute atomic E-state index is 0.0953. The molecule has 0 heterocycles. The summed E-state index contributed by atoms with van der Waals surface area (Å²) < 4.78 is 11.3. The lowest BCUT2D eigenvalue weighted by atomic mass is 9.98. The zero-order valence-electron chi connectivity index (χ0n) is 20.8. The minimum atomic E-state index is -1.15. The summed E-state index contributed by atoms with van der Waals surface area (Å²) in [6.07, 6.45) is -0.777. The molecular weight excluding hydrogens is 448 g/mol. The maximum absolute atomic E-state index is 12.9. The van der Waals surface area contributed by atoms with Crippen LogP contribution in [0.15, 0.2) is 48.5 Å². The monoisotopic (exact) mass is 482 g/mol. The highest BCUT2D eigenvalue weighted by atomic mass is 16.5. The van der Waals surface area contributed by atoms with Gasteiger partial charge in [-0.25, -0.2) is 9.59 Å². The number of carboxylic acids is 1. The van der Waals surface area contributed by atoms with E-state index in [1.54, 1.807) is 13.8 Å². The summed E-state index contributed by atoms with van der Waals surface area (Å²) in [4.78, 5) is 37.1. The summed E-state index contributed by atoms with van der Waals surface area (Å²) in [5.74, 6) is -2.26. The maximum Gasteiger partial charge on any atom is 0.407 e. The number of carboxylic acid groups (broad SMARTS) is 1. The molecule has 0 aliphatic heterocycles. The number of alkyl carbamates (subject to hydrolysis) is 1. The minimum Gasteiger partial charge on any atom is -0.480 e. The molecule has 35 heavy (non-hydrogen) atoms. The number of rotatable bonds is 9. The zero-order valence-corrected chi connectivity index (χ0v) is 20.8. The zero-order chi connectivity index (χ0) is 25.8. The van der Waals surface area contributed by atoms with E-state index in [2.05, 4.69) is 10.6 Å². The summed E-state index contributed by atoms with van der Waals surface area (Å²) in [7, 11) is 0. The van der Waals surface area contributed by atoms with Crippen LogP contribution in [0.1, 0.15) is 51.7 Å². The Morgan fingerprint density at radius 2 is 1.49 bits per heavy atom. The molecule has 188 valence electrons. The molecule has 0 radical (unpaired) electrons. The van der Waals surface area contributed by atoms with Crippen molar-refractivity contribution >= 4 is 18.0 Å². The third-order valence-corrected chi connectivity index (χ3v) is 5.87. The van der Waals surface area contributed by atoms with Crippen molar-refractivity contribution < 1.29 is 29.0 Å². The normalized spacial score (nSPS) is 14.6. The maximum atomic E-state index is 12.9. The molecule has 3 rings (SSSR count). The molecule has 2 aromatic rings. The second-order valence-electron chi connectivity index (χ2n) is 10.0. The second-order valence-corrected chi connectivity index (χ2v) is 10.0. The highest BCUT2D eigenvalue weighted by molar-refractivity contribution is 5.89. The first-order valence-electron chi connectivity index (χ1n) is 11.8. The molecule has 8 nitrogen and oxygen atoms in total. The number of hydrogen-bond acceptors (Lipinski definition) is 5. The molecule has 2 aromatic carbocycles. The number of amides is 2. The number of aliphatic carboxylic acids is 1. The molecule has 0 saturated heterocycles. The van der Waals surface area contributed by atoms with Crippen LogP contribution < -0.4 is 10.6 Å². The quantitative estimate of drug-likeness (QED) is 0.499. The average molecular weight is 483 g/mol. The number of ether oxygens (including phenoxy) is 2. The first-order valence-corrected chi connectivity index (χ1v) is 11.8. The Morgan fingerprint density at radius 3 is 1.97 bits per heavy atom. The van der Waals surface area contributed by atoms with Gasteiger partial charge in [-0.05, 0) is 48.9 Å². The van der Waals surface area contributed by atoms with Crippen molar-refractivity contribution in [2.24, 2.45) is 5.92 Å². The van der Waals surface area contributed by atoms with Crippen LogP contribution in [-0.4, -0.2) is 54.0 Å². The van der Waals surface area contributed by atoms with Gasteiger partial charge in [-0.1, -0.05) is 62.4 Å². The van der Waals surface area contributed by atoms with Gasteiger partial charge in [0.05, 0.1) is 12.2 Å². The van der Waals surface area contributed by atoms with E-state index in [1.165, 1.54) is 0 Å². The Morgan fingerprint density at radius 1 is 0.943 bits per heavy atom. The third-order valence-electron chi connectivity index (χ3n) is 5.87. The number of carbonyl (C=O) groups excluding carboxylic acids is 2. The smallest absolute Gasteiger partial charge is 0.407 e. The van der Waals surface area contributed by atoms with Crippen molar-refractivity contribution in [3.05, 3.63) is 59.7 Å². The van der Waals surface area contributed by atoms with Gasteiger partial charge in [0.15, 0.2) is 0 Å². The molecule has 0 fully saturated rings. The standard InChI is InChI=1S/C27H34N2O6/c1-16(2)23(25(31)32)29-24(30)22(15-35-27(3,4)5)28-26(33)34-14-21-19-12-8-6-10-17(19)18-11-7-9-13-20(18)21/h6-13,16,21-23H,14-15H2,1-5H3,(H,28,33)(H,29,30)(H,31,32)/t22-,23?/m0/s1. The first kappa shape index (κ1) is 26.2. The lowest BCUT2D eigenvalue weighted by molar-refractivity contribution is -0.144. The summed E-state index contributed by atoms with van der Waals surface area (Å²) in [5.41, 5.74) is 3.81. The molecule has 2 amide bonds. The van der Waals surface area contributed by atoms with Crippen molar-refractivity contribution in [1.82, 2.24) is 10.6 Å². The molecule has 1 unspecified atom stereocenters. The van der Waals surface area contributed by atoms with E-state index in [-0.39, 0.29) is 25.0 Å².